The van der Waals surface area contributed by atoms with E-state index in [1.165, 1.54) is 31.4 Å². The SMILES string of the molecule is CN(CCNC1=NCC(C)(C)CS1)C1CCCC1. The minimum atomic E-state index is 0.372. The molecule has 1 saturated carbocycles. The van der Waals surface area contributed by atoms with Crippen LogP contribution in [0.5, 0.6) is 0 Å². The van der Waals surface area contributed by atoms with Crippen LogP contribution in [0.15, 0.2) is 4.99 Å². The Balaban J connectivity index is 1.65. The number of likely N-dealkylation sites (N-methyl/N-ethyl adjacent to an activating group) is 1. The van der Waals surface area contributed by atoms with Crippen LogP contribution in [0.1, 0.15) is 39.5 Å². The maximum atomic E-state index is 4.63. The predicted molar refractivity (Wildman–Crippen MR) is 81.4 cm³/mol. The van der Waals surface area contributed by atoms with Gasteiger partial charge in [-0.25, -0.2) is 0 Å². The van der Waals surface area contributed by atoms with Crippen molar-refractivity contribution in [3.05, 3.63) is 0 Å². The average Bonchev–Trinajstić information content (AvgIpc) is 2.85. The number of hydrogen-bond donors (Lipinski definition) is 1. The largest absolute Gasteiger partial charge is 0.364 e. The highest BCUT2D eigenvalue weighted by atomic mass is 32.2. The Labute approximate surface area is 116 Å². The number of hydrogen-bond acceptors (Lipinski definition) is 4. The normalized spacial score (nSPS) is 24.3. The fraction of sp³-hybridized carbons (Fsp3) is 0.929. The third kappa shape index (κ3) is 4.16. The lowest BCUT2D eigenvalue weighted by molar-refractivity contribution is 0.249. The topological polar surface area (TPSA) is 27.6 Å². The van der Waals surface area contributed by atoms with E-state index in [1.54, 1.807) is 0 Å². The zero-order chi connectivity index (χ0) is 13.0. The van der Waals surface area contributed by atoms with Gasteiger partial charge >= 0.3 is 0 Å². The van der Waals surface area contributed by atoms with E-state index < -0.39 is 0 Å². The number of thioether (sulfide) groups is 1. The predicted octanol–water partition coefficient (Wildman–Crippen LogP) is 2.58. The Bertz CT molecular complexity index is 295. The molecule has 1 N–H and O–H groups in total. The standard InChI is InChI=1S/C14H27N3S/c1-14(2)10-16-13(18-11-14)15-8-9-17(3)12-6-4-5-7-12/h12H,4-11H2,1-3H3,(H,15,16). The van der Waals surface area contributed by atoms with Crippen LogP contribution in [0.4, 0.5) is 0 Å². The third-order valence-corrected chi connectivity index (χ3v) is 5.41. The summed E-state index contributed by atoms with van der Waals surface area (Å²) < 4.78 is 0. The molecule has 0 atom stereocenters. The van der Waals surface area contributed by atoms with Crippen molar-refractivity contribution in [3.63, 3.8) is 0 Å². The van der Waals surface area contributed by atoms with E-state index in [1.807, 2.05) is 11.8 Å². The molecule has 104 valence electrons. The third-order valence-electron chi connectivity index (χ3n) is 3.94. The van der Waals surface area contributed by atoms with Crippen LogP contribution in [0.25, 0.3) is 0 Å². The molecule has 4 heteroatoms. The number of aliphatic imine (C=N–C) groups is 1. The summed E-state index contributed by atoms with van der Waals surface area (Å²) in [7, 11) is 2.26. The van der Waals surface area contributed by atoms with Gasteiger partial charge in [-0.1, -0.05) is 38.5 Å². The maximum Gasteiger partial charge on any atom is 0.156 e. The Morgan fingerprint density at radius 1 is 1.39 bits per heavy atom. The van der Waals surface area contributed by atoms with E-state index in [9.17, 15) is 0 Å². The monoisotopic (exact) mass is 269 g/mol. The van der Waals surface area contributed by atoms with Gasteiger partial charge in [0.15, 0.2) is 5.17 Å². The van der Waals surface area contributed by atoms with Crippen LogP contribution < -0.4 is 5.32 Å². The molecule has 0 aromatic carbocycles. The number of nitrogens with one attached hydrogen (secondary N) is 1. The highest BCUT2D eigenvalue weighted by molar-refractivity contribution is 8.13. The summed E-state index contributed by atoms with van der Waals surface area (Å²) in [5, 5.41) is 4.63. The van der Waals surface area contributed by atoms with E-state index in [2.05, 4.69) is 36.1 Å². The van der Waals surface area contributed by atoms with Crippen molar-refractivity contribution in [1.29, 1.82) is 0 Å². The van der Waals surface area contributed by atoms with Crippen LogP contribution in [0.2, 0.25) is 0 Å². The summed E-state index contributed by atoms with van der Waals surface area (Å²) in [5.41, 5.74) is 0.372. The van der Waals surface area contributed by atoms with E-state index in [4.69, 9.17) is 0 Å². The lowest BCUT2D eigenvalue weighted by Crippen LogP contribution is -2.38. The second-order valence-corrected chi connectivity index (χ2v) is 7.38. The van der Waals surface area contributed by atoms with Gasteiger partial charge in [0.1, 0.15) is 0 Å². The zero-order valence-electron chi connectivity index (χ0n) is 12.0. The first-order chi connectivity index (χ1) is 8.57. The molecule has 0 radical (unpaired) electrons. The Morgan fingerprint density at radius 3 is 2.72 bits per heavy atom. The van der Waals surface area contributed by atoms with Crippen molar-refractivity contribution >= 4 is 16.9 Å². The maximum absolute atomic E-state index is 4.63. The minimum Gasteiger partial charge on any atom is -0.364 e. The van der Waals surface area contributed by atoms with Crippen LogP contribution in [-0.2, 0) is 0 Å². The van der Waals surface area contributed by atoms with Gasteiger partial charge in [-0.15, -0.1) is 0 Å². The van der Waals surface area contributed by atoms with Crippen LogP contribution in [0.3, 0.4) is 0 Å². The molecular weight excluding hydrogens is 242 g/mol. The van der Waals surface area contributed by atoms with Crippen molar-refractivity contribution in [2.24, 2.45) is 10.4 Å². The molecule has 1 heterocycles. The highest BCUT2D eigenvalue weighted by Crippen LogP contribution is 2.27. The first-order valence-corrected chi connectivity index (χ1v) is 8.17. The first kappa shape index (κ1) is 14.2. The molecule has 1 fully saturated rings. The Kier molecular flexibility index (Phi) is 4.96. The van der Waals surface area contributed by atoms with Crippen molar-refractivity contribution in [2.45, 2.75) is 45.6 Å². The van der Waals surface area contributed by atoms with Gasteiger partial charge < -0.3 is 10.2 Å². The molecule has 0 unspecified atom stereocenters. The van der Waals surface area contributed by atoms with Gasteiger partial charge in [0.2, 0.25) is 0 Å². The second kappa shape index (κ2) is 6.29. The van der Waals surface area contributed by atoms with Crippen LogP contribution >= 0.6 is 11.8 Å². The molecule has 0 spiro atoms. The molecule has 18 heavy (non-hydrogen) atoms. The van der Waals surface area contributed by atoms with Gasteiger partial charge in [-0.05, 0) is 25.3 Å². The Morgan fingerprint density at radius 2 is 2.11 bits per heavy atom. The number of amidine groups is 1. The van der Waals surface area contributed by atoms with Crippen molar-refractivity contribution in [1.82, 2.24) is 10.2 Å². The zero-order valence-corrected chi connectivity index (χ0v) is 12.9. The fourth-order valence-electron chi connectivity index (χ4n) is 2.61. The molecule has 0 amide bonds. The molecule has 3 nitrogen and oxygen atoms in total. The smallest absolute Gasteiger partial charge is 0.156 e. The molecule has 0 aromatic heterocycles. The highest BCUT2D eigenvalue weighted by Gasteiger charge is 2.23. The summed E-state index contributed by atoms with van der Waals surface area (Å²) in [4.78, 5) is 7.14. The fourth-order valence-corrected chi connectivity index (χ4v) is 3.59. The van der Waals surface area contributed by atoms with Crippen molar-refractivity contribution < 1.29 is 0 Å². The average molecular weight is 269 g/mol. The van der Waals surface area contributed by atoms with E-state index >= 15 is 0 Å². The molecule has 0 bridgehead atoms. The van der Waals surface area contributed by atoms with Gasteiger partial charge in [-0.3, -0.25) is 4.99 Å². The van der Waals surface area contributed by atoms with E-state index in [-0.39, 0.29) is 0 Å². The summed E-state index contributed by atoms with van der Waals surface area (Å²) in [6, 6.07) is 0.826. The van der Waals surface area contributed by atoms with Gasteiger partial charge in [-0.2, -0.15) is 0 Å². The van der Waals surface area contributed by atoms with E-state index in [0.29, 0.717) is 5.41 Å². The van der Waals surface area contributed by atoms with Crippen molar-refractivity contribution in [3.8, 4) is 0 Å². The number of rotatable bonds is 4. The lowest BCUT2D eigenvalue weighted by atomic mass is 9.97. The molecule has 1 aliphatic carbocycles. The van der Waals surface area contributed by atoms with Gasteiger partial charge in [0, 0.05) is 31.4 Å². The minimum absolute atomic E-state index is 0.372. The van der Waals surface area contributed by atoms with Gasteiger partial charge in [0.05, 0.1) is 0 Å². The quantitative estimate of drug-likeness (QED) is 0.850. The van der Waals surface area contributed by atoms with E-state index in [0.717, 1.165) is 30.8 Å². The summed E-state index contributed by atoms with van der Waals surface area (Å²) in [6.45, 7) is 7.69. The summed E-state index contributed by atoms with van der Waals surface area (Å²) in [6.07, 6.45) is 5.61. The molecule has 0 saturated heterocycles. The van der Waals surface area contributed by atoms with Crippen LogP contribution in [-0.4, -0.2) is 48.5 Å². The molecular formula is C14H27N3S. The number of nitrogens with zero attached hydrogens (tertiary/aromatic N) is 2. The second-order valence-electron chi connectivity index (χ2n) is 6.42. The lowest BCUT2D eigenvalue weighted by Gasteiger charge is -2.28. The Hall–Kier alpha value is -0.220. The molecule has 2 rings (SSSR count). The van der Waals surface area contributed by atoms with Crippen molar-refractivity contribution in [2.75, 3.05) is 32.4 Å². The molecule has 1 aliphatic heterocycles. The van der Waals surface area contributed by atoms with Crippen LogP contribution in [0, 0.1) is 5.41 Å². The summed E-state index contributed by atoms with van der Waals surface area (Å²) in [5.74, 6) is 1.18. The molecule has 0 aromatic rings. The first-order valence-electron chi connectivity index (χ1n) is 7.18. The molecule has 2 aliphatic rings. The van der Waals surface area contributed by atoms with Gasteiger partial charge in [0.25, 0.3) is 0 Å². The summed E-state index contributed by atoms with van der Waals surface area (Å²) >= 11 is 1.87.